The smallest absolute Gasteiger partial charge is 0.191 e. The van der Waals surface area contributed by atoms with Crippen LogP contribution in [0, 0.1) is 5.82 Å². The van der Waals surface area contributed by atoms with Crippen LogP contribution in [0.1, 0.15) is 40.0 Å². The minimum atomic E-state index is -0.339. The topological polar surface area (TPSA) is 48.9 Å². The van der Waals surface area contributed by atoms with Gasteiger partial charge < -0.3 is 15.4 Å². The highest BCUT2D eigenvalue weighted by Crippen LogP contribution is 2.33. The molecule has 1 aromatic rings. The molecule has 2 aliphatic rings. The molecule has 1 saturated carbocycles. The van der Waals surface area contributed by atoms with Crippen molar-refractivity contribution in [3.05, 3.63) is 30.1 Å². The van der Waals surface area contributed by atoms with Crippen LogP contribution in [0.4, 0.5) is 4.39 Å². The monoisotopic (exact) mass is 362 g/mol. The zero-order valence-corrected chi connectivity index (χ0v) is 16.0. The Balaban J connectivity index is 1.52. The summed E-state index contributed by atoms with van der Waals surface area (Å²) >= 11 is 0. The van der Waals surface area contributed by atoms with Gasteiger partial charge in [0, 0.05) is 31.2 Å². The van der Waals surface area contributed by atoms with Gasteiger partial charge >= 0.3 is 0 Å². The highest BCUT2D eigenvalue weighted by molar-refractivity contribution is 5.80. The van der Waals surface area contributed by atoms with Gasteiger partial charge in [-0.15, -0.1) is 0 Å². The molecule has 1 saturated heterocycles. The van der Waals surface area contributed by atoms with Crippen molar-refractivity contribution in [1.29, 1.82) is 0 Å². The SMILES string of the molecule is CCNC(=NCC(C)Oc1ccccc1F)NC1CC(C)N(C2CC2)C1. The number of halogens is 1. The van der Waals surface area contributed by atoms with Crippen molar-refractivity contribution >= 4 is 5.96 Å². The van der Waals surface area contributed by atoms with Crippen molar-refractivity contribution in [1.82, 2.24) is 15.5 Å². The van der Waals surface area contributed by atoms with E-state index in [1.807, 2.05) is 6.92 Å². The maximum Gasteiger partial charge on any atom is 0.191 e. The van der Waals surface area contributed by atoms with E-state index in [-0.39, 0.29) is 17.7 Å². The van der Waals surface area contributed by atoms with E-state index in [4.69, 9.17) is 4.74 Å². The summed E-state index contributed by atoms with van der Waals surface area (Å²) in [6, 6.07) is 8.33. The van der Waals surface area contributed by atoms with Gasteiger partial charge in [0.15, 0.2) is 17.5 Å². The Morgan fingerprint density at radius 1 is 1.38 bits per heavy atom. The maximum absolute atomic E-state index is 13.7. The molecule has 2 N–H and O–H groups in total. The van der Waals surface area contributed by atoms with Gasteiger partial charge in [-0.3, -0.25) is 4.90 Å². The molecule has 1 aromatic carbocycles. The normalized spacial score (nSPS) is 25.2. The Morgan fingerprint density at radius 2 is 2.15 bits per heavy atom. The van der Waals surface area contributed by atoms with Crippen LogP contribution in [0.2, 0.25) is 0 Å². The van der Waals surface area contributed by atoms with Gasteiger partial charge in [0.25, 0.3) is 0 Å². The molecule has 1 heterocycles. The number of likely N-dealkylation sites (tertiary alicyclic amines) is 1. The third-order valence-electron chi connectivity index (χ3n) is 5.00. The summed E-state index contributed by atoms with van der Waals surface area (Å²) < 4.78 is 19.4. The fraction of sp³-hybridized carbons (Fsp3) is 0.650. The molecule has 0 bridgehead atoms. The second kappa shape index (κ2) is 8.71. The van der Waals surface area contributed by atoms with Crippen LogP contribution >= 0.6 is 0 Å². The summed E-state index contributed by atoms with van der Waals surface area (Å²) in [5.74, 6) is 0.748. The fourth-order valence-corrected chi connectivity index (χ4v) is 3.60. The van der Waals surface area contributed by atoms with E-state index in [0.717, 1.165) is 31.5 Å². The quantitative estimate of drug-likeness (QED) is 0.578. The molecule has 2 fully saturated rings. The van der Waals surface area contributed by atoms with E-state index in [1.54, 1.807) is 18.2 Å². The molecule has 6 heteroatoms. The van der Waals surface area contributed by atoms with E-state index >= 15 is 0 Å². The van der Waals surface area contributed by atoms with Crippen molar-refractivity contribution in [2.75, 3.05) is 19.6 Å². The average molecular weight is 362 g/mol. The van der Waals surface area contributed by atoms with Crippen LogP contribution in [-0.2, 0) is 0 Å². The number of nitrogens with zero attached hydrogens (tertiary/aromatic N) is 2. The van der Waals surface area contributed by atoms with E-state index in [2.05, 4.69) is 34.4 Å². The molecular formula is C20H31FN4O. The Bertz CT molecular complexity index is 620. The zero-order valence-electron chi connectivity index (χ0n) is 16.0. The number of hydrogen-bond donors (Lipinski definition) is 2. The number of hydrogen-bond acceptors (Lipinski definition) is 3. The standard InChI is InChI=1S/C20H31FN4O/c1-4-22-20(24-16-11-14(2)25(13-16)17-9-10-17)23-12-15(3)26-19-8-6-5-7-18(19)21/h5-8,14-17H,4,9-13H2,1-3H3,(H2,22,23,24). The summed E-state index contributed by atoms with van der Waals surface area (Å²) in [4.78, 5) is 7.26. The molecule has 144 valence electrons. The molecule has 3 atom stereocenters. The van der Waals surface area contributed by atoms with E-state index in [1.165, 1.54) is 18.9 Å². The molecule has 3 unspecified atom stereocenters. The van der Waals surface area contributed by atoms with Crippen LogP contribution in [-0.4, -0.2) is 54.7 Å². The minimum absolute atomic E-state index is 0.201. The van der Waals surface area contributed by atoms with Gasteiger partial charge in [0.05, 0.1) is 6.54 Å². The lowest BCUT2D eigenvalue weighted by atomic mass is 10.2. The van der Waals surface area contributed by atoms with Crippen LogP contribution in [0.25, 0.3) is 0 Å². The number of nitrogens with one attached hydrogen (secondary N) is 2. The first kappa shape index (κ1) is 19.0. The molecule has 1 aliphatic carbocycles. The summed E-state index contributed by atoms with van der Waals surface area (Å²) in [5.41, 5.74) is 0. The average Bonchev–Trinajstić information content (AvgIpc) is 3.38. The number of aliphatic imine (C=N–C) groups is 1. The lowest BCUT2D eigenvalue weighted by molar-refractivity contribution is 0.220. The van der Waals surface area contributed by atoms with Crippen molar-refractivity contribution in [3.63, 3.8) is 0 Å². The highest BCUT2D eigenvalue weighted by atomic mass is 19.1. The number of ether oxygens (including phenoxy) is 1. The van der Waals surface area contributed by atoms with Gasteiger partial charge in [-0.1, -0.05) is 12.1 Å². The van der Waals surface area contributed by atoms with Crippen LogP contribution in [0.15, 0.2) is 29.3 Å². The van der Waals surface area contributed by atoms with Crippen molar-refractivity contribution < 1.29 is 9.13 Å². The van der Waals surface area contributed by atoms with Crippen molar-refractivity contribution in [2.24, 2.45) is 4.99 Å². The molecule has 1 aliphatic heterocycles. The first-order valence-electron chi connectivity index (χ1n) is 9.78. The molecule has 0 amide bonds. The molecule has 0 spiro atoms. The van der Waals surface area contributed by atoms with Crippen molar-refractivity contribution in [2.45, 2.75) is 64.3 Å². The summed E-state index contributed by atoms with van der Waals surface area (Å²) in [6.45, 7) is 8.64. The fourth-order valence-electron chi connectivity index (χ4n) is 3.60. The summed E-state index contributed by atoms with van der Waals surface area (Å²) in [5, 5.41) is 6.86. The van der Waals surface area contributed by atoms with E-state index in [9.17, 15) is 4.39 Å². The Hall–Kier alpha value is -1.82. The zero-order chi connectivity index (χ0) is 18.5. The highest BCUT2D eigenvalue weighted by Gasteiger charge is 2.38. The summed E-state index contributed by atoms with van der Waals surface area (Å²) in [6.07, 6.45) is 3.63. The van der Waals surface area contributed by atoms with Crippen molar-refractivity contribution in [3.8, 4) is 5.75 Å². The number of benzene rings is 1. The molecule has 26 heavy (non-hydrogen) atoms. The molecule has 3 rings (SSSR count). The Morgan fingerprint density at radius 3 is 2.85 bits per heavy atom. The van der Waals surface area contributed by atoms with Crippen LogP contribution in [0.5, 0.6) is 5.75 Å². The number of para-hydroxylation sites is 1. The first-order chi connectivity index (χ1) is 12.6. The third-order valence-corrected chi connectivity index (χ3v) is 5.00. The van der Waals surface area contributed by atoms with Gasteiger partial charge in [0.1, 0.15) is 6.10 Å². The lowest BCUT2D eigenvalue weighted by Gasteiger charge is -2.20. The second-order valence-electron chi connectivity index (χ2n) is 7.43. The number of guanidine groups is 1. The van der Waals surface area contributed by atoms with Gasteiger partial charge in [-0.2, -0.15) is 0 Å². The van der Waals surface area contributed by atoms with Crippen LogP contribution < -0.4 is 15.4 Å². The lowest BCUT2D eigenvalue weighted by Crippen LogP contribution is -2.45. The Kier molecular flexibility index (Phi) is 6.35. The molecule has 5 nitrogen and oxygen atoms in total. The third kappa shape index (κ3) is 5.10. The van der Waals surface area contributed by atoms with E-state index < -0.39 is 0 Å². The predicted octanol–water partition coefficient (Wildman–Crippen LogP) is 2.77. The molecule has 0 aromatic heterocycles. The van der Waals surface area contributed by atoms with Gasteiger partial charge in [0.2, 0.25) is 0 Å². The second-order valence-corrected chi connectivity index (χ2v) is 7.43. The molecule has 0 radical (unpaired) electrons. The minimum Gasteiger partial charge on any atom is -0.486 e. The van der Waals surface area contributed by atoms with Gasteiger partial charge in [-0.25, -0.2) is 9.38 Å². The first-order valence-corrected chi connectivity index (χ1v) is 9.78. The summed E-state index contributed by atoms with van der Waals surface area (Å²) in [7, 11) is 0. The maximum atomic E-state index is 13.7. The van der Waals surface area contributed by atoms with E-state index in [0.29, 0.717) is 18.6 Å². The Labute approximate surface area is 156 Å². The number of rotatable bonds is 7. The van der Waals surface area contributed by atoms with Crippen LogP contribution in [0.3, 0.4) is 0 Å². The van der Waals surface area contributed by atoms with Gasteiger partial charge in [-0.05, 0) is 52.2 Å². The largest absolute Gasteiger partial charge is 0.486 e. The molecular weight excluding hydrogens is 331 g/mol. The predicted molar refractivity (Wildman–Crippen MR) is 103 cm³/mol.